The Labute approximate surface area is 200 Å². The van der Waals surface area contributed by atoms with E-state index in [0.29, 0.717) is 42.4 Å². The summed E-state index contributed by atoms with van der Waals surface area (Å²) in [5.41, 5.74) is 1.76. The molecule has 6 nitrogen and oxygen atoms in total. The standard InChI is InChI=1S/C27H33FN2O4/c1-17(2)16-34-21-11-12-22(18(3)15-21)25(31)23-24(19-7-9-20(28)10-8-19)30(27(33)26(23)32)14-6-13-29(4)5/h7-12,15,17,24,31H,6,13-14,16H2,1-5H3/t24-/m1/s1. The maximum Gasteiger partial charge on any atom is 0.295 e. The molecule has 0 unspecified atom stereocenters. The number of carbonyl (C=O) groups excluding carboxylic acids is 2. The molecule has 0 spiro atoms. The first kappa shape index (κ1) is 25.4. The van der Waals surface area contributed by atoms with Crippen molar-refractivity contribution in [2.24, 2.45) is 5.92 Å². The van der Waals surface area contributed by atoms with Crippen molar-refractivity contribution in [2.75, 3.05) is 33.8 Å². The van der Waals surface area contributed by atoms with Gasteiger partial charge in [-0.15, -0.1) is 0 Å². The second-order valence-corrected chi connectivity index (χ2v) is 9.38. The highest BCUT2D eigenvalue weighted by molar-refractivity contribution is 6.46. The summed E-state index contributed by atoms with van der Waals surface area (Å²) in [7, 11) is 3.87. The smallest absolute Gasteiger partial charge is 0.295 e. The molecule has 7 heteroatoms. The summed E-state index contributed by atoms with van der Waals surface area (Å²) < 4.78 is 19.4. The summed E-state index contributed by atoms with van der Waals surface area (Å²) in [6.45, 7) is 7.56. The molecule has 1 saturated heterocycles. The molecule has 1 atom stereocenters. The number of benzene rings is 2. The number of nitrogens with zero attached hydrogens (tertiary/aromatic N) is 2. The third-order valence-electron chi connectivity index (χ3n) is 5.77. The van der Waals surface area contributed by atoms with Crippen molar-refractivity contribution in [1.29, 1.82) is 0 Å². The first-order chi connectivity index (χ1) is 16.1. The normalized spacial score (nSPS) is 17.8. The summed E-state index contributed by atoms with van der Waals surface area (Å²) in [4.78, 5) is 29.6. The number of likely N-dealkylation sites (tertiary alicyclic amines) is 1. The number of ether oxygens (including phenoxy) is 1. The molecule has 3 rings (SSSR count). The van der Waals surface area contributed by atoms with Crippen molar-refractivity contribution in [1.82, 2.24) is 9.80 Å². The van der Waals surface area contributed by atoms with E-state index in [9.17, 15) is 19.1 Å². The van der Waals surface area contributed by atoms with E-state index in [4.69, 9.17) is 4.74 Å². The number of ketones is 1. The molecule has 1 N–H and O–H groups in total. The molecule has 0 aliphatic carbocycles. The van der Waals surface area contributed by atoms with Crippen molar-refractivity contribution in [3.05, 3.63) is 70.5 Å². The number of rotatable bonds is 9. The topological polar surface area (TPSA) is 70.1 Å². The molecular weight excluding hydrogens is 435 g/mol. The molecule has 0 saturated carbocycles. The van der Waals surface area contributed by atoms with Gasteiger partial charge in [-0.2, -0.15) is 0 Å². The Kier molecular flexibility index (Phi) is 8.10. The van der Waals surface area contributed by atoms with Gasteiger partial charge < -0.3 is 19.6 Å². The molecule has 1 fully saturated rings. The molecule has 0 aromatic heterocycles. The highest BCUT2D eigenvalue weighted by Crippen LogP contribution is 2.40. The minimum atomic E-state index is -0.793. The number of halogens is 1. The zero-order chi connectivity index (χ0) is 25.0. The first-order valence-corrected chi connectivity index (χ1v) is 11.5. The molecule has 0 bridgehead atoms. The predicted molar refractivity (Wildman–Crippen MR) is 130 cm³/mol. The number of hydrogen-bond acceptors (Lipinski definition) is 5. The van der Waals surface area contributed by atoms with Crippen LogP contribution >= 0.6 is 0 Å². The van der Waals surface area contributed by atoms with Gasteiger partial charge in [0.05, 0.1) is 18.2 Å². The molecule has 182 valence electrons. The fraction of sp³-hybridized carbons (Fsp3) is 0.407. The number of aryl methyl sites for hydroxylation is 1. The van der Waals surface area contributed by atoms with Crippen LogP contribution in [0, 0.1) is 18.7 Å². The van der Waals surface area contributed by atoms with Gasteiger partial charge >= 0.3 is 0 Å². The van der Waals surface area contributed by atoms with Crippen LogP contribution in [0.1, 0.15) is 43.0 Å². The molecule has 1 amide bonds. The van der Waals surface area contributed by atoms with Crippen molar-refractivity contribution >= 4 is 17.4 Å². The molecule has 1 aliphatic heterocycles. The van der Waals surface area contributed by atoms with Gasteiger partial charge in [-0.25, -0.2) is 4.39 Å². The molecule has 2 aromatic carbocycles. The Bertz CT molecular complexity index is 1080. The van der Waals surface area contributed by atoms with E-state index in [2.05, 4.69) is 13.8 Å². The third kappa shape index (κ3) is 5.65. The first-order valence-electron chi connectivity index (χ1n) is 11.5. The van der Waals surface area contributed by atoms with E-state index in [1.807, 2.05) is 25.9 Å². The second-order valence-electron chi connectivity index (χ2n) is 9.38. The molecule has 1 aliphatic rings. The average molecular weight is 469 g/mol. The molecule has 0 radical (unpaired) electrons. The summed E-state index contributed by atoms with van der Waals surface area (Å²) in [6.07, 6.45) is 0.651. The number of aliphatic hydroxyl groups excluding tert-OH is 1. The number of amides is 1. The van der Waals surface area contributed by atoms with Gasteiger partial charge in [0, 0.05) is 12.1 Å². The van der Waals surface area contributed by atoms with Crippen LogP contribution in [-0.4, -0.2) is 60.4 Å². The highest BCUT2D eigenvalue weighted by Gasteiger charge is 2.45. The Morgan fingerprint density at radius 1 is 1.15 bits per heavy atom. The monoisotopic (exact) mass is 468 g/mol. The van der Waals surface area contributed by atoms with Crippen LogP contribution in [0.4, 0.5) is 4.39 Å². The number of hydrogen-bond donors (Lipinski definition) is 1. The minimum absolute atomic E-state index is 0.0143. The fourth-order valence-corrected chi connectivity index (χ4v) is 4.06. The van der Waals surface area contributed by atoms with E-state index in [0.717, 1.165) is 12.1 Å². The van der Waals surface area contributed by atoms with Gasteiger partial charge in [0.1, 0.15) is 17.3 Å². The lowest BCUT2D eigenvalue weighted by molar-refractivity contribution is -0.139. The largest absolute Gasteiger partial charge is 0.507 e. The Morgan fingerprint density at radius 3 is 2.41 bits per heavy atom. The molecular formula is C27H33FN2O4. The van der Waals surface area contributed by atoms with E-state index < -0.39 is 23.5 Å². The zero-order valence-corrected chi connectivity index (χ0v) is 20.5. The molecule has 34 heavy (non-hydrogen) atoms. The quantitative estimate of drug-likeness (QED) is 0.332. The summed E-state index contributed by atoms with van der Waals surface area (Å²) in [6, 6.07) is 10.1. The van der Waals surface area contributed by atoms with Crippen LogP contribution in [0.15, 0.2) is 48.0 Å². The van der Waals surface area contributed by atoms with Gasteiger partial charge in [-0.05, 0) is 81.4 Å². The predicted octanol–water partition coefficient (Wildman–Crippen LogP) is 4.54. The number of aliphatic hydroxyl groups is 1. The van der Waals surface area contributed by atoms with Gasteiger partial charge in [0.2, 0.25) is 0 Å². The van der Waals surface area contributed by atoms with Crippen LogP contribution in [0.3, 0.4) is 0 Å². The summed E-state index contributed by atoms with van der Waals surface area (Å²) in [5.74, 6) is -1.02. The molecule has 1 heterocycles. The summed E-state index contributed by atoms with van der Waals surface area (Å²) >= 11 is 0. The fourth-order valence-electron chi connectivity index (χ4n) is 4.06. The average Bonchev–Trinajstić information content (AvgIpc) is 3.02. The Balaban J connectivity index is 2.04. The van der Waals surface area contributed by atoms with Crippen molar-refractivity contribution in [3.63, 3.8) is 0 Å². The van der Waals surface area contributed by atoms with Crippen LogP contribution in [-0.2, 0) is 9.59 Å². The van der Waals surface area contributed by atoms with Gasteiger partial charge in [0.25, 0.3) is 11.7 Å². The third-order valence-corrected chi connectivity index (χ3v) is 5.77. The SMILES string of the molecule is Cc1cc(OCC(C)C)ccc1C(O)=C1C(=O)C(=O)N(CCCN(C)C)[C@@H]1c1ccc(F)cc1. The lowest BCUT2D eigenvalue weighted by Gasteiger charge is -2.26. The number of Topliss-reactive ketones (excluding diaryl/α,β-unsaturated/α-hetero) is 1. The van der Waals surface area contributed by atoms with Crippen LogP contribution in [0.5, 0.6) is 5.75 Å². The van der Waals surface area contributed by atoms with Crippen molar-refractivity contribution in [3.8, 4) is 5.75 Å². The molecule has 2 aromatic rings. The van der Waals surface area contributed by atoms with Gasteiger partial charge in [-0.1, -0.05) is 26.0 Å². The van der Waals surface area contributed by atoms with E-state index in [1.165, 1.54) is 17.0 Å². The maximum absolute atomic E-state index is 13.6. The lowest BCUT2D eigenvalue weighted by atomic mass is 9.94. The van der Waals surface area contributed by atoms with Crippen molar-refractivity contribution in [2.45, 2.75) is 33.2 Å². The lowest BCUT2D eigenvalue weighted by Crippen LogP contribution is -2.32. The Morgan fingerprint density at radius 2 is 1.82 bits per heavy atom. The van der Waals surface area contributed by atoms with Crippen LogP contribution in [0.25, 0.3) is 5.76 Å². The van der Waals surface area contributed by atoms with E-state index in [-0.39, 0.29) is 11.3 Å². The second kappa shape index (κ2) is 10.8. The van der Waals surface area contributed by atoms with Gasteiger partial charge in [0.15, 0.2) is 0 Å². The number of carbonyl (C=O) groups is 2. The van der Waals surface area contributed by atoms with E-state index >= 15 is 0 Å². The van der Waals surface area contributed by atoms with Crippen LogP contribution < -0.4 is 4.74 Å². The van der Waals surface area contributed by atoms with E-state index in [1.54, 1.807) is 30.3 Å². The Hall–Kier alpha value is -3.19. The highest BCUT2D eigenvalue weighted by atomic mass is 19.1. The zero-order valence-electron chi connectivity index (χ0n) is 20.5. The van der Waals surface area contributed by atoms with Crippen molar-refractivity contribution < 1.29 is 23.8 Å². The van der Waals surface area contributed by atoms with Crippen LogP contribution in [0.2, 0.25) is 0 Å². The summed E-state index contributed by atoms with van der Waals surface area (Å²) in [5, 5.41) is 11.3. The minimum Gasteiger partial charge on any atom is -0.507 e. The van der Waals surface area contributed by atoms with Gasteiger partial charge in [-0.3, -0.25) is 9.59 Å². The maximum atomic E-state index is 13.6.